The maximum absolute atomic E-state index is 12.2. The van der Waals surface area contributed by atoms with Crippen molar-refractivity contribution in [2.45, 2.75) is 45.4 Å². The van der Waals surface area contributed by atoms with E-state index in [9.17, 15) is 14.7 Å². The summed E-state index contributed by atoms with van der Waals surface area (Å²) in [4.78, 5) is 25.0. The van der Waals surface area contributed by atoms with Crippen molar-refractivity contribution in [2.75, 3.05) is 19.8 Å². The zero-order valence-electron chi connectivity index (χ0n) is 12.2. The van der Waals surface area contributed by atoms with Gasteiger partial charge in [0.15, 0.2) is 0 Å². The Bertz CT molecular complexity index is 350. The van der Waals surface area contributed by atoms with Gasteiger partial charge in [-0.2, -0.15) is 0 Å². The number of carboxylic acid groups (broad SMARTS) is 1. The summed E-state index contributed by atoms with van der Waals surface area (Å²) in [5.41, 5.74) is 0. The van der Waals surface area contributed by atoms with Gasteiger partial charge in [-0.25, -0.2) is 9.59 Å². The van der Waals surface area contributed by atoms with Crippen molar-refractivity contribution < 1.29 is 24.5 Å². The van der Waals surface area contributed by atoms with Crippen molar-refractivity contribution >= 4 is 12.0 Å². The summed E-state index contributed by atoms with van der Waals surface area (Å²) in [6, 6.07) is -1.48. The molecule has 1 aliphatic rings. The van der Waals surface area contributed by atoms with Gasteiger partial charge in [-0.1, -0.05) is 20.3 Å². The number of amides is 2. The number of aliphatic hydroxyl groups is 1. The van der Waals surface area contributed by atoms with Gasteiger partial charge in [-0.05, 0) is 12.8 Å². The zero-order valence-corrected chi connectivity index (χ0v) is 12.2. The van der Waals surface area contributed by atoms with E-state index in [1.165, 1.54) is 4.90 Å². The van der Waals surface area contributed by atoms with E-state index in [1.807, 2.05) is 13.8 Å². The van der Waals surface area contributed by atoms with E-state index in [4.69, 9.17) is 9.84 Å². The van der Waals surface area contributed by atoms with Gasteiger partial charge in [0.1, 0.15) is 6.04 Å². The molecule has 20 heavy (non-hydrogen) atoms. The molecule has 0 bridgehead atoms. The molecule has 0 spiro atoms. The van der Waals surface area contributed by atoms with Crippen LogP contribution in [0.15, 0.2) is 0 Å². The van der Waals surface area contributed by atoms with Crippen LogP contribution < -0.4 is 5.32 Å². The number of carbonyl (C=O) groups excluding carboxylic acids is 1. The van der Waals surface area contributed by atoms with Crippen molar-refractivity contribution in [3.63, 3.8) is 0 Å². The monoisotopic (exact) mass is 288 g/mol. The quantitative estimate of drug-likeness (QED) is 0.674. The van der Waals surface area contributed by atoms with Crippen LogP contribution in [0.2, 0.25) is 0 Å². The molecule has 0 saturated carbocycles. The number of rotatable bonds is 5. The summed E-state index contributed by atoms with van der Waals surface area (Å²) in [6.07, 6.45) is 0.249. The fourth-order valence-electron chi connectivity index (χ4n) is 2.11. The van der Waals surface area contributed by atoms with Gasteiger partial charge in [0.2, 0.25) is 0 Å². The van der Waals surface area contributed by atoms with Crippen LogP contribution in [0.5, 0.6) is 0 Å². The van der Waals surface area contributed by atoms with Gasteiger partial charge in [0.25, 0.3) is 0 Å². The third-order valence-electron chi connectivity index (χ3n) is 3.73. The lowest BCUT2D eigenvalue weighted by Gasteiger charge is -2.38. The lowest BCUT2D eigenvalue weighted by atomic mass is 9.99. The van der Waals surface area contributed by atoms with E-state index >= 15 is 0 Å². The van der Waals surface area contributed by atoms with Gasteiger partial charge in [-0.15, -0.1) is 0 Å². The van der Waals surface area contributed by atoms with Crippen LogP contribution in [0.1, 0.15) is 27.2 Å². The van der Waals surface area contributed by atoms with E-state index in [2.05, 4.69) is 5.32 Å². The first-order valence-corrected chi connectivity index (χ1v) is 6.93. The van der Waals surface area contributed by atoms with Crippen molar-refractivity contribution in [3.05, 3.63) is 0 Å². The molecular formula is C13H24N2O5. The Morgan fingerprint density at radius 2 is 2.15 bits per heavy atom. The molecular weight excluding hydrogens is 264 g/mol. The lowest BCUT2D eigenvalue weighted by molar-refractivity contribution is -0.140. The highest BCUT2D eigenvalue weighted by molar-refractivity contribution is 5.83. The molecule has 2 amide bonds. The fourth-order valence-corrected chi connectivity index (χ4v) is 2.11. The predicted molar refractivity (Wildman–Crippen MR) is 72.4 cm³/mol. The van der Waals surface area contributed by atoms with Crippen molar-refractivity contribution in [1.82, 2.24) is 10.2 Å². The summed E-state index contributed by atoms with van der Waals surface area (Å²) in [5, 5.41) is 20.8. The molecule has 1 rings (SSSR count). The molecule has 0 aromatic heterocycles. The first-order chi connectivity index (χ1) is 9.40. The summed E-state index contributed by atoms with van der Waals surface area (Å²) in [6.45, 7) is 5.93. The third kappa shape index (κ3) is 4.08. The summed E-state index contributed by atoms with van der Waals surface area (Å²) in [5.74, 6) is -1.19. The number of carbonyl (C=O) groups is 2. The average molecular weight is 288 g/mol. The molecule has 4 atom stereocenters. The molecule has 1 saturated heterocycles. The number of morpholine rings is 1. The van der Waals surface area contributed by atoms with E-state index in [1.54, 1.807) is 6.92 Å². The molecule has 1 fully saturated rings. The van der Waals surface area contributed by atoms with Crippen LogP contribution in [0, 0.1) is 5.92 Å². The largest absolute Gasteiger partial charge is 0.480 e. The number of carboxylic acids is 1. The number of ether oxygens (including phenoxy) is 1. The molecule has 7 heteroatoms. The number of aliphatic carboxylic acids is 1. The summed E-state index contributed by atoms with van der Waals surface area (Å²) < 4.78 is 5.35. The molecule has 116 valence electrons. The number of aliphatic hydroxyl groups excluding tert-OH is 1. The van der Waals surface area contributed by atoms with Crippen LogP contribution in [0.3, 0.4) is 0 Å². The molecule has 0 aromatic carbocycles. The molecule has 7 nitrogen and oxygen atoms in total. The first-order valence-electron chi connectivity index (χ1n) is 6.93. The predicted octanol–water partition coefficient (Wildman–Crippen LogP) is 0.277. The first kappa shape index (κ1) is 16.7. The second-order valence-corrected chi connectivity index (χ2v) is 5.29. The summed E-state index contributed by atoms with van der Waals surface area (Å²) in [7, 11) is 0. The summed E-state index contributed by atoms with van der Waals surface area (Å²) >= 11 is 0. The Balaban J connectivity index is 2.69. The van der Waals surface area contributed by atoms with E-state index in [-0.39, 0.29) is 25.1 Å². The van der Waals surface area contributed by atoms with E-state index < -0.39 is 24.1 Å². The second-order valence-electron chi connectivity index (χ2n) is 5.29. The molecule has 3 unspecified atom stereocenters. The maximum Gasteiger partial charge on any atom is 0.326 e. The lowest BCUT2D eigenvalue weighted by Crippen LogP contribution is -2.58. The van der Waals surface area contributed by atoms with Gasteiger partial charge in [-0.3, -0.25) is 0 Å². The minimum absolute atomic E-state index is 0.149. The topological polar surface area (TPSA) is 99.1 Å². The maximum atomic E-state index is 12.2. The standard InChI is InChI=1S/C13H24N2O5/c1-4-8(2)11(12(17)18)14-13(19)15-5-10(6-16)20-7-9(15)3/h8-11,16H,4-7H2,1-3H3,(H,14,19)(H,17,18)/t8?,9?,10?,11-/m0/s1. The molecule has 0 aromatic rings. The van der Waals surface area contributed by atoms with Crippen molar-refractivity contribution in [2.24, 2.45) is 5.92 Å². The van der Waals surface area contributed by atoms with Gasteiger partial charge < -0.3 is 25.2 Å². The Morgan fingerprint density at radius 1 is 1.50 bits per heavy atom. The molecule has 1 heterocycles. The number of urea groups is 1. The highest BCUT2D eigenvalue weighted by Crippen LogP contribution is 2.14. The van der Waals surface area contributed by atoms with Crippen molar-refractivity contribution in [3.8, 4) is 0 Å². The number of nitrogens with one attached hydrogen (secondary N) is 1. The SMILES string of the molecule is CCC(C)[C@H](NC(=O)N1CC(CO)OCC1C)C(=O)O. The van der Waals surface area contributed by atoms with Crippen LogP contribution >= 0.6 is 0 Å². The van der Waals surface area contributed by atoms with E-state index in [0.29, 0.717) is 13.0 Å². The number of hydrogen-bond donors (Lipinski definition) is 3. The third-order valence-corrected chi connectivity index (χ3v) is 3.73. The van der Waals surface area contributed by atoms with Crippen LogP contribution in [0.4, 0.5) is 4.79 Å². The minimum atomic E-state index is -1.03. The van der Waals surface area contributed by atoms with Crippen molar-refractivity contribution in [1.29, 1.82) is 0 Å². The highest BCUT2D eigenvalue weighted by Gasteiger charge is 2.33. The number of nitrogens with zero attached hydrogens (tertiary/aromatic N) is 1. The number of hydrogen-bond acceptors (Lipinski definition) is 4. The molecule has 0 radical (unpaired) electrons. The zero-order chi connectivity index (χ0) is 15.3. The Morgan fingerprint density at radius 3 is 2.65 bits per heavy atom. The second kappa shape index (κ2) is 7.44. The normalized spacial score (nSPS) is 25.9. The minimum Gasteiger partial charge on any atom is -0.480 e. The van der Waals surface area contributed by atoms with Gasteiger partial charge in [0.05, 0.1) is 31.9 Å². The van der Waals surface area contributed by atoms with Crippen LogP contribution in [0.25, 0.3) is 0 Å². The molecule has 3 N–H and O–H groups in total. The van der Waals surface area contributed by atoms with E-state index in [0.717, 1.165) is 0 Å². The fraction of sp³-hybridized carbons (Fsp3) is 0.846. The Hall–Kier alpha value is -1.34. The Kier molecular flexibility index (Phi) is 6.22. The Labute approximate surface area is 118 Å². The van der Waals surface area contributed by atoms with Crippen LogP contribution in [-0.4, -0.2) is 65.1 Å². The van der Waals surface area contributed by atoms with Gasteiger partial charge in [0, 0.05) is 0 Å². The average Bonchev–Trinajstić information content (AvgIpc) is 2.43. The highest BCUT2D eigenvalue weighted by atomic mass is 16.5. The molecule has 0 aliphatic carbocycles. The molecule has 1 aliphatic heterocycles. The van der Waals surface area contributed by atoms with Crippen LogP contribution in [-0.2, 0) is 9.53 Å². The van der Waals surface area contributed by atoms with Gasteiger partial charge >= 0.3 is 12.0 Å². The smallest absolute Gasteiger partial charge is 0.326 e.